The van der Waals surface area contributed by atoms with E-state index in [4.69, 9.17) is 11.5 Å². The van der Waals surface area contributed by atoms with Gasteiger partial charge in [-0.15, -0.1) is 0 Å². The summed E-state index contributed by atoms with van der Waals surface area (Å²) in [7, 11) is 0. The first kappa shape index (κ1) is 28.3. The molecule has 1 heterocycles. The Morgan fingerprint density at radius 2 is 1.58 bits per heavy atom. The van der Waals surface area contributed by atoms with Crippen molar-refractivity contribution >= 4 is 40.5 Å². The number of carboxylic acid groups (broad SMARTS) is 1. The number of carboxylic acids is 1. The van der Waals surface area contributed by atoms with Crippen LogP contribution in [-0.4, -0.2) is 63.9 Å². The van der Waals surface area contributed by atoms with E-state index in [2.05, 4.69) is 20.9 Å². The van der Waals surface area contributed by atoms with Crippen LogP contribution < -0.4 is 27.4 Å². The molecule has 4 unspecified atom stereocenters. The molecule has 0 radical (unpaired) electrons. The molecule has 12 nitrogen and oxygen atoms in total. The zero-order valence-corrected chi connectivity index (χ0v) is 20.5. The predicted octanol–water partition coefficient (Wildman–Crippen LogP) is -0.482. The monoisotopic (exact) mass is 502 g/mol. The van der Waals surface area contributed by atoms with Gasteiger partial charge in [0.1, 0.15) is 18.1 Å². The molecule has 4 atom stereocenters. The second-order valence-corrected chi connectivity index (χ2v) is 9.16. The number of para-hydroxylation sites is 1. The van der Waals surface area contributed by atoms with Crippen LogP contribution in [0.3, 0.4) is 0 Å². The molecule has 36 heavy (non-hydrogen) atoms. The van der Waals surface area contributed by atoms with Gasteiger partial charge in [0.15, 0.2) is 0 Å². The van der Waals surface area contributed by atoms with Crippen LogP contribution in [0.5, 0.6) is 0 Å². The summed E-state index contributed by atoms with van der Waals surface area (Å²) in [5.41, 5.74) is 12.2. The summed E-state index contributed by atoms with van der Waals surface area (Å²) >= 11 is 0. The van der Waals surface area contributed by atoms with E-state index in [0.717, 1.165) is 16.5 Å². The lowest BCUT2D eigenvalue weighted by Gasteiger charge is -2.24. The fourth-order valence-corrected chi connectivity index (χ4v) is 3.69. The van der Waals surface area contributed by atoms with E-state index in [-0.39, 0.29) is 18.8 Å². The summed E-state index contributed by atoms with van der Waals surface area (Å²) in [6, 6.07) is 2.82. The van der Waals surface area contributed by atoms with E-state index >= 15 is 0 Å². The maximum atomic E-state index is 13.2. The molecule has 0 bridgehead atoms. The maximum Gasteiger partial charge on any atom is 0.326 e. The highest BCUT2D eigenvalue weighted by Crippen LogP contribution is 2.19. The standard InChI is InChI=1S/C24H34N6O6/c1-12(2)8-19(24(35)36)30-23(34)18(9-14-11-27-17-7-5-4-6-15(14)17)29-21(32)13(3)28-22(33)16(25)10-20(26)31/h4-7,11-13,16,18-19,27H,8-10,25H2,1-3H3,(H2,26,31)(H,28,33)(H,29,32)(H,30,34)(H,35,36). The van der Waals surface area contributed by atoms with Gasteiger partial charge in [0, 0.05) is 23.5 Å². The molecular weight excluding hydrogens is 468 g/mol. The number of aliphatic carboxylic acids is 1. The van der Waals surface area contributed by atoms with Crippen LogP contribution in [0.15, 0.2) is 30.5 Å². The minimum atomic E-state index is -1.23. The van der Waals surface area contributed by atoms with E-state index in [9.17, 15) is 29.1 Å². The Hall–Kier alpha value is -3.93. The molecule has 0 saturated carbocycles. The number of aromatic amines is 1. The minimum absolute atomic E-state index is 0.00732. The molecule has 2 aromatic rings. The van der Waals surface area contributed by atoms with Crippen molar-refractivity contribution in [3.8, 4) is 0 Å². The van der Waals surface area contributed by atoms with Crippen LogP contribution in [-0.2, 0) is 30.4 Å². The molecule has 0 saturated heterocycles. The molecular formula is C24H34N6O6. The van der Waals surface area contributed by atoms with E-state index < -0.39 is 60.2 Å². The first-order valence-corrected chi connectivity index (χ1v) is 11.6. The Bertz CT molecular complexity index is 1110. The van der Waals surface area contributed by atoms with Crippen molar-refractivity contribution in [3.05, 3.63) is 36.0 Å². The van der Waals surface area contributed by atoms with Crippen LogP contribution >= 0.6 is 0 Å². The second-order valence-electron chi connectivity index (χ2n) is 9.16. The lowest BCUT2D eigenvalue weighted by Crippen LogP contribution is -2.57. The molecule has 1 aromatic carbocycles. The number of carbonyl (C=O) groups excluding carboxylic acids is 4. The molecule has 12 heteroatoms. The Morgan fingerprint density at radius 3 is 2.19 bits per heavy atom. The number of benzene rings is 1. The van der Waals surface area contributed by atoms with Gasteiger partial charge in [0.05, 0.1) is 12.5 Å². The molecule has 4 amide bonds. The number of fused-ring (bicyclic) bond motifs is 1. The van der Waals surface area contributed by atoms with Crippen molar-refractivity contribution in [1.82, 2.24) is 20.9 Å². The van der Waals surface area contributed by atoms with Crippen molar-refractivity contribution in [2.45, 2.75) is 64.2 Å². The number of nitrogens with one attached hydrogen (secondary N) is 4. The van der Waals surface area contributed by atoms with Gasteiger partial charge < -0.3 is 37.5 Å². The van der Waals surface area contributed by atoms with Crippen LogP contribution in [0.25, 0.3) is 10.9 Å². The number of hydrogen-bond donors (Lipinski definition) is 7. The van der Waals surface area contributed by atoms with Crippen molar-refractivity contribution in [1.29, 1.82) is 0 Å². The van der Waals surface area contributed by atoms with E-state index in [1.807, 2.05) is 38.1 Å². The van der Waals surface area contributed by atoms with Crippen molar-refractivity contribution in [2.75, 3.05) is 0 Å². The van der Waals surface area contributed by atoms with Gasteiger partial charge in [-0.1, -0.05) is 32.0 Å². The Kier molecular flexibility index (Phi) is 9.97. The number of carbonyl (C=O) groups is 5. The summed E-state index contributed by atoms with van der Waals surface area (Å²) in [5, 5.41) is 17.9. The molecule has 196 valence electrons. The largest absolute Gasteiger partial charge is 0.480 e. The van der Waals surface area contributed by atoms with Gasteiger partial charge in [-0.3, -0.25) is 19.2 Å². The zero-order chi connectivity index (χ0) is 27.0. The average Bonchev–Trinajstić information content (AvgIpc) is 3.19. The van der Waals surface area contributed by atoms with Gasteiger partial charge in [-0.05, 0) is 30.9 Å². The van der Waals surface area contributed by atoms with Gasteiger partial charge in [-0.2, -0.15) is 0 Å². The Morgan fingerprint density at radius 1 is 0.944 bits per heavy atom. The highest BCUT2D eigenvalue weighted by molar-refractivity contribution is 5.95. The number of nitrogens with two attached hydrogens (primary N) is 2. The molecule has 1 aromatic heterocycles. The van der Waals surface area contributed by atoms with Crippen LogP contribution in [0.4, 0.5) is 0 Å². The highest BCUT2D eigenvalue weighted by atomic mass is 16.4. The van der Waals surface area contributed by atoms with Crippen molar-refractivity contribution in [2.24, 2.45) is 17.4 Å². The SMILES string of the molecule is CC(C)CC(NC(=O)C(Cc1c[nH]c2ccccc12)NC(=O)C(C)NC(=O)C(N)CC(N)=O)C(=O)O. The summed E-state index contributed by atoms with van der Waals surface area (Å²) in [6.07, 6.45) is 1.60. The van der Waals surface area contributed by atoms with E-state index in [1.54, 1.807) is 6.20 Å². The van der Waals surface area contributed by atoms with Gasteiger partial charge >= 0.3 is 5.97 Å². The fraction of sp³-hybridized carbons (Fsp3) is 0.458. The first-order chi connectivity index (χ1) is 16.9. The number of hydrogen-bond acceptors (Lipinski definition) is 6. The van der Waals surface area contributed by atoms with Gasteiger partial charge in [-0.25, -0.2) is 4.79 Å². The average molecular weight is 503 g/mol. The topological polar surface area (TPSA) is 210 Å². The number of rotatable bonds is 13. The molecule has 0 fully saturated rings. The fourth-order valence-electron chi connectivity index (χ4n) is 3.69. The third-order valence-corrected chi connectivity index (χ3v) is 5.56. The quantitative estimate of drug-likeness (QED) is 0.191. The molecule has 0 aliphatic carbocycles. The van der Waals surface area contributed by atoms with E-state index in [0.29, 0.717) is 0 Å². The molecule has 2 rings (SSSR count). The number of primary amides is 1. The summed E-state index contributed by atoms with van der Waals surface area (Å²) in [6.45, 7) is 5.06. The molecule has 0 spiro atoms. The van der Waals surface area contributed by atoms with Crippen LogP contribution in [0.1, 0.15) is 39.2 Å². The number of H-pyrrole nitrogens is 1. The Labute approximate surface area is 208 Å². The highest BCUT2D eigenvalue weighted by Gasteiger charge is 2.30. The van der Waals surface area contributed by atoms with E-state index in [1.165, 1.54) is 6.92 Å². The van der Waals surface area contributed by atoms with Crippen molar-refractivity contribution in [3.63, 3.8) is 0 Å². The zero-order valence-electron chi connectivity index (χ0n) is 20.5. The smallest absolute Gasteiger partial charge is 0.326 e. The van der Waals surface area contributed by atoms with Gasteiger partial charge in [0.25, 0.3) is 0 Å². The minimum Gasteiger partial charge on any atom is -0.480 e. The third kappa shape index (κ3) is 8.08. The van der Waals surface area contributed by atoms with Crippen LogP contribution in [0.2, 0.25) is 0 Å². The normalized spacial score (nSPS) is 14.5. The van der Waals surface area contributed by atoms with Crippen molar-refractivity contribution < 1.29 is 29.1 Å². The maximum absolute atomic E-state index is 13.2. The molecule has 0 aliphatic rings. The second kappa shape index (κ2) is 12.7. The predicted molar refractivity (Wildman–Crippen MR) is 132 cm³/mol. The Balaban J connectivity index is 2.21. The van der Waals surface area contributed by atoms with Crippen LogP contribution in [0, 0.1) is 5.92 Å². The summed E-state index contributed by atoms with van der Waals surface area (Å²) < 4.78 is 0. The summed E-state index contributed by atoms with van der Waals surface area (Å²) in [5.74, 6) is -4.06. The molecule has 0 aliphatic heterocycles. The number of aromatic nitrogens is 1. The third-order valence-electron chi connectivity index (χ3n) is 5.56. The number of amides is 4. The first-order valence-electron chi connectivity index (χ1n) is 11.6. The summed E-state index contributed by atoms with van der Waals surface area (Å²) in [4.78, 5) is 64.0. The molecule has 9 N–H and O–H groups in total. The lowest BCUT2D eigenvalue weighted by molar-refractivity contribution is -0.142. The van der Waals surface area contributed by atoms with Gasteiger partial charge in [0.2, 0.25) is 23.6 Å². The lowest BCUT2D eigenvalue weighted by atomic mass is 10.0.